The summed E-state index contributed by atoms with van der Waals surface area (Å²) < 4.78 is 5.21. The lowest BCUT2D eigenvalue weighted by Gasteiger charge is -2.23. The number of halogens is 1. The number of amides is 1. The first-order valence-corrected chi connectivity index (χ1v) is 8.55. The molecule has 2 aromatic carbocycles. The summed E-state index contributed by atoms with van der Waals surface area (Å²) in [6, 6.07) is 14.4. The maximum atomic E-state index is 13.0. The number of anilines is 1. The number of carbonyl (C=O) groups is 1. The summed E-state index contributed by atoms with van der Waals surface area (Å²) in [5.41, 5.74) is 4.36. The Morgan fingerprint density at radius 3 is 2.64 bits per heavy atom. The molecule has 0 radical (unpaired) electrons. The van der Waals surface area contributed by atoms with Crippen molar-refractivity contribution in [2.45, 2.75) is 31.8 Å². The van der Waals surface area contributed by atoms with Gasteiger partial charge in [-0.05, 0) is 60.7 Å². The van der Waals surface area contributed by atoms with Gasteiger partial charge in [0.25, 0.3) is 5.91 Å². The Kier molecular flexibility index (Phi) is 5.19. The van der Waals surface area contributed by atoms with E-state index in [1.54, 1.807) is 7.11 Å². The molecule has 4 nitrogen and oxygen atoms in total. The largest absolute Gasteiger partial charge is 0.497 e. The van der Waals surface area contributed by atoms with E-state index in [2.05, 4.69) is 11.4 Å². The highest BCUT2D eigenvalue weighted by molar-refractivity contribution is 5.95. The van der Waals surface area contributed by atoms with Gasteiger partial charge in [-0.2, -0.15) is 0 Å². The summed E-state index contributed by atoms with van der Waals surface area (Å²) in [4.78, 5) is 15.1. The average Bonchev–Trinajstić information content (AvgIpc) is 3.36. The molecular formula is C20H23ClN2O2. The second-order valence-electron chi connectivity index (χ2n) is 6.56. The van der Waals surface area contributed by atoms with Crippen LogP contribution < -0.4 is 10.1 Å². The number of nitrogens with zero attached hydrogens (tertiary/aromatic N) is 1. The van der Waals surface area contributed by atoms with Crippen LogP contribution in [0.4, 0.5) is 5.69 Å². The monoisotopic (exact) mass is 358 g/mol. The van der Waals surface area contributed by atoms with Gasteiger partial charge >= 0.3 is 0 Å². The molecule has 25 heavy (non-hydrogen) atoms. The molecule has 0 aromatic heterocycles. The van der Waals surface area contributed by atoms with Gasteiger partial charge in [0.15, 0.2) is 0 Å². The molecule has 0 unspecified atom stereocenters. The van der Waals surface area contributed by atoms with E-state index in [0.29, 0.717) is 12.6 Å². The van der Waals surface area contributed by atoms with Gasteiger partial charge in [0, 0.05) is 30.4 Å². The molecule has 4 rings (SSSR count). The Morgan fingerprint density at radius 1 is 1.20 bits per heavy atom. The minimum Gasteiger partial charge on any atom is -0.497 e. The highest BCUT2D eigenvalue weighted by atomic mass is 35.5. The van der Waals surface area contributed by atoms with Gasteiger partial charge in [0.1, 0.15) is 5.75 Å². The van der Waals surface area contributed by atoms with Crippen LogP contribution in [0.25, 0.3) is 0 Å². The van der Waals surface area contributed by atoms with Crippen LogP contribution in [0.1, 0.15) is 34.3 Å². The highest BCUT2D eigenvalue weighted by Crippen LogP contribution is 2.31. The first-order chi connectivity index (χ1) is 11.7. The zero-order valence-electron chi connectivity index (χ0n) is 14.3. The van der Waals surface area contributed by atoms with Gasteiger partial charge in [-0.3, -0.25) is 4.79 Å². The number of benzene rings is 2. The van der Waals surface area contributed by atoms with Crippen LogP contribution in [-0.4, -0.2) is 30.5 Å². The van der Waals surface area contributed by atoms with Gasteiger partial charge in [0.2, 0.25) is 0 Å². The van der Waals surface area contributed by atoms with Crippen LogP contribution in [0.2, 0.25) is 0 Å². The van der Waals surface area contributed by atoms with E-state index < -0.39 is 0 Å². The van der Waals surface area contributed by atoms with Crippen molar-refractivity contribution in [3.63, 3.8) is 0 Å². The summed E-state index contributed by atoms with van der Waals surface area (Å²) in [6.45, 7) is 1.62. The number of rotatable bonds is 5. The first kappa shape index (κ1) is 17.6. The molecule has 0 spiro atoms. The van der Waals surface area contributed by atoms with Gasteiger partial charge in [-0.25, -0.2) is 0 Å². The molecule has 1 aliphatic heterocycles. The first-order valence-electron chi connectivity index (χ1n) is 8.55. The lowest BCUT2D eigenvalue weighted by Crippen LogP contribution is -2.32. The van der Waals surface area contributed by atoms with Crippen molar-refractivity contribution in [1.29, 1.82) is 0 Å². The van der Waals surface area contributed by atoms with E-state index >= 15 is 0 Å². The van der Waals surface area contributed by atoms with E-state index in [-0.39, 0.29) is 18.3 Å². The van der Waals surface area contributed by atoms with Crippen LogP contribution in [0, 0.1) is 0 Å². The second kappa shape index (κ2) is 7.36. The SMILES string of the molecule is COc1ccc(CN(C(=O)c2ccc3c(c2)CCN3)C2CC2)cc1.Cl. The number of fused-ring (bicyclic) bond motifs is 1. The van der Waals surface area contributed by atoms with Gasteiger partial charge in [-0.1, -0.05) is 12.1 Å². The Balaban J connectivity index is 0.00000182. The van der Waals surface area contributed by atoms with Crippen molar-refractivity contribution in [3.05, 3.63) is 59.2 Å². The van der Waals surface area contributed by atoms with E-state index in [9.17, 15) is 4.79 Å². The van der Waals surface area contributed by atoms with E-state index in [4.69, 9.17) is 4.74 Å². The maximum Gasteiger partial charge on any atom is 0.254 e. The molecule has 1 fully saturated rings. The van der Waals surface area contributed by atoms with Gasteiger partial charge in [-0.15, -0.1) is 12.4 Å². The smallest absolute Gasteiger partial charge is 0.254 e. The lowest BCUT2D eigenvalue weighted by molar-refractivity contribution is 0.0730. The third kappa shape index (κ3) is 3.74. The predicted octanol–water partition coefficient (Wildman–Crippen LogP) is 3.89. The summed E-state index contributed by atoms with van der Waals surface area (Å²) >= 11 is 0. The number of hydrogen-bond acceptors (Lipinski definition) is 3. The molecule has 1 saturated carbocycles. The minimum atomic E-state index is 0. The van der Waals surface area contributed by atoms with Crippen LogP contribution in [-0.2, 0) is 13.0 Å². The number of ether oxygens (including phenoxy) is 1. The highest BCUT2D eigenvalue weighted by Gasteiger charge is 2.33. The normalized spacial score (nSPS) is 14.9. The van der Waals surface area contributed by atoms with Crippen molar-refractivity contribution in [1.82, 2.24) is 4.90 Å². The minimum absolute atomic E-state index is 0. The Bertz CT molecular complexity index is 757. The topological polar surface area (TPSA) is 41.6 Å². The fraction of sp³-hybridized carbons (Fsp3) is 0.350. The molecule has 1 heterocycles. The molecule has 132 valence electrons. The third-order valence-electron chi connectivity index (χ3n) is 4.82. The molecule has 2 aliphatic rings. The summed E-state index contributed by atoms with van der Waals surface area (Å²) in [5.74, 6) is 0.984. The number of nitrogens with one attached hydrogen (secondary N) is 1. The fourth-order valence-electron chi connectivity index (χ4n) is 3.28. The van der Waals surface area contributed by atoms with Gasteiger partial charge < -0.3 is 15.0 Å². The third-order valence-corrected chi connectivity index (χ3v) is 4.82. The molecule has 5 heteroatoms. The quantitative estimate of drug-likeness (QED) is 0.881. The van der Waals surface area contributed by atoms with Crippen molar-refractivity contribution in [2.24, 2.45) is 0 Å². The van der Waals surface area contributed by atoms with Crippen molar-refractivity contribution in [3.8, 4) is 5.75 Å². The summed E-state index contributed by atoms with van der Waals surface area (Å²) in [7, 11) is 1.66. The lowest BCUT2D eigenvalue weighted by atomic mass is 10.1. The molecule has 2 aromatic rings. The molecule has 0 bridgehead atoms. The molecular weight excluding hydrogens is 336 g/mol. The molecule has 1 amide bonds. The van der Waals surface area contributed by atoms with Crippen LogP contribution in [0.5, 0.6) is 5.75 Å². The number of methoxy groups -OCH3 is 1. The Morgan fingerprint density at radius 2 is 1.96 bits per heavy atom. The predicted molar refractivity (Wildman–Crippen MR) is 102 cm³/mol. The van der Waals surface area contributed by atoms with Crippen molar-refractivity contribution in [2.75, 3.05) is 19.0 Å². The summed E-state index contributed by atoms with van der Waals surface area (Å²) in [5, 5.41) is 3.34. The molecule has 1 aliphatic carbocycles. The standard InChI is InChI=1S/C20H22N2O2.ClH/c1-24-18-7-2-14(3-8-18)13-22(17-5-6-17)20(23)16-4-9-19-15(12-16)10-11-21-19;/h2-4,7-9,12,17,21H,5-6,10-11,13H2,1H3;1H. The molecule has 0 atom stereocenters. The second-order valence-corrected chi connectivity index (χ2v) is 6.56. The maximum absolute atomic E-state index is 13.0. The van der Waals surface area contributed by atoms with E-state index in [0.717, 1.165) is 42.7 Å². The molecule has 0 saturated heterocycles. The zero-order chi connectivity index (χ0) is 16.5. The van der Waals surface area contributed by atoms with Crippen LogP contribution in [0.3, 0.4) is 0 Å². The van der Waals surface area contributed by atoms with Crippen molar-refractivity contribution < 1.29 is 9.53 Å². The summed E-state index contributed by atoms with van der Waals surface area (Å²) in [6.07, 6.45) is 3.21. The van der Waals surface area contributed by atoms with E-state index in [1.807, 2.05) is 41.3 Å². The van der Waals surface area contributed by atoms with Crippen LogP contribution in [0.15, 0.2) is 42.5 Å². The fourth-order valence-corrected chi connectivity index (χ4v) is 3.28. The van der Waals surface area contributed by atoms with E-state index in [1.165, 1.54) is 11.3 Å². The van der Waals surface area contributed by atoms with Crippen molar-refractivity contribution >= 4 is 24.0 Å². The average molecular weight is 359 g/mol. The Labute approximate surface area is 154 Å². The number of carbonyl (C=O) groups excluding carboxylic acids is 1. The zero-order valence-corrected chi connectivity index (χ0v) is 15.1. The molecule has 1 N–H and O–H groups in total. The van der Waals surface area contributed by atoms with Gasteiger partial charge in [0.05, 0.1) is 7.11 Å². The van der Waals surface area contributed by atoms with Crippen LogP contribution >= 0.6 is 12.4 Å². The Hall–Kier alpha value is -2.20. The number of hydrogen-bond donors (Lipinski definition) is 1.